The number of anilines is 2. The summed E-state index contributed by atoms with van der Waals surface area (Å²) in [5, 5.41) is 6.66. The molecule has 1 aromatic rings. The van der Waals surface area contributed by atoms with E-state index < -0.39 is 0 Å². The molecule has 1 fully saturated rings. The summed E-state index contributed by atoms with van der Waals surface area (Å²) in [5.74, 6) is 1.70. The molecule has 0 aromatic carbocycles. The Kier molecular flexibility index (Phi) is 7.28. The summed E-state index contributed by atoms with van der Waals surface area (Å²) in [6.45, 7) is 4.09. The molecular weight excluding hydrogens is 273 g/mol. The molecule has 1 aliphatic heterocycles. The zero-order chi connectivity index (χ0) is 11.5. The fourth-order valence-corrected chi connectivity index (χ4v) is 1.92. The number of hydrogen-bond donors (Lipinski definition) is 2. The Morgan fingerprint density at radius 2 is 2.11 bits per heavy atom. The zero-order valence-electron chi connectivity index (χ0n) is 10.9. The fraction of sp³-hybridized carbons (Fsp3) is 0.636. The van der Waals surface area contributed by atoms with Gasteiger partial charge in [-0.05, 0) is 19.9 Å². The van der Waals surface area contributed by atoms with Crippen molar-refractivity contribution in [1.82, 2.24) is 15.3 Å². The SMILES string of the molecule is Cc1cnc(N[C@@H]2CCNC2)nc1N(C)C.Cl.Cl. The minimum Gasteiger partial charge on any atom is -0.362 e. The molecule has 1 aromatic heterocycles. The summed E-state index contributed by atoms with van der Waals surface area (Å²) in [6, 6.07) is 0.456. The number of nitrogens with zero attached hydrogens (tertiary/aromatic N) is 3. The van der Waals surface area contributed by atoms with Gasteiger partial charge in [-0.1, -0.05) is 0 Å². The molecule has 2 N–H and O–H groups in total. The molecule has 1 aliphatic rings. The van der Waals surface area contributed by atoms with Crippen molar-refractivity contribution >= 4 is 36.6 Å². The molecule has 0 amide bonds. The van der Waals surface area contributed by atoms with Crippen LogP contribution in [0, 0.1) is 6.92 Å². The van der Waals surface area contributed by atoms with Crippen LogP contribution in [0.5, 0.6) is 0 Å². The summed E-state index contributed by atoms with van der Waals surface area (Å²) in [7, 11) is 3.99. The number of aromatic nitrogens is 2. The maximum Gasteiger partial charge on any atom is 0.224 e. The molecule has 1 saturated heterocycles. The van der Waals surface area contributed by atoms with E-state index in [2.05, 4.69) is 20.6 Å². The molecule has 0 aliphatic carbocycles. The molecule has 0 saturated carbocycles. The van der Waals surface area contributed by atoms with Crippen LogP contribution in [0.1, 0.15) is 12.0 Å². The van der Waals surface area contributed by atoms with Gasteiger partial charge in [0.2, 0.25) is 5.95 Å². The zero-order valence-corrected chi connectivity index (χ0v) is 12.6. The van der Waals surface area contributed by atoms with Crippen molar-refractivity contribution in [2.75, 3.05) is 37.4 Å². The van der Waals surface area contributed by atoms with E-state index in [0.717, 1.165) is 36.8 Å². The van der Waals surface area contributed by atoms with Crippen LogP contribution in [0.15, 0.2) is 6.20 Å². The lowest BCUT2D eigenvalue weighted by atomic mass is 10.3. The highest BCUT2D eigenvalue weighted by atomic mass is 35.5. The van der Waals surface area contributed by atoms with Crippen LogP contribution in [-0.2, 0) is 0 Å². The molecule has 7 heteroatoms. The van der Waals surface area contributed by atoms with Crippen LogP contribution < -0.4 is 15.5 Å². The predicted octanol–water partition coefficient (Wildman–Crippen LogP) is 1.47. The second-order valence-electron chi connectivity index (χ2n) is 4.43. The third-order valence-corrected chi connectivity index (χ3v) is 2.76. The second-order valence-corrected chi connectivity index (χ2v) is 4.43. The van der Waals surface area contributed by atoms with Gasteiger partial charge in [0.25, 0.3) is 0 Å². The first-order chi connectivity index (χ1) is 7.66. The lowest BCUT2D eigenvalue weighted by Crippen LogP contribution is -2.24. The summed E-state index contributed by atoms with van der Waals surface area (Å²) in [4.78, 5) is 10.8. The summed E-state index contributed by atoms with van der Waals surface area (Å²) in [5.41, 5.74) is 1.10. The van der Waals surface area contributed by atoms with E-state index in [1.54, 1.807) is 0 Å². The maximum absolute atomic E-state index is 4.51. The standard InChI is InChI=1S/C11H19N5.2ClH/c1-8-6-13-11(15-10(8)16(2)3)14-9-4-5-12-7-9;;/h6,9,12H,4-5,7H2,1-3H3,(H,13,14,15);2*1H/t9-;;/m1../s1. The van der Waals surface area contributed by atoms with Gasteiger partial charge < -0.3 is 15.5 Å². The number of aryl methyl sites for hydroxylation is 1. The Morgan fingerprint density at radius 1 is 1.39 bits per heavy atom. The minimum atomic E-state index is 0. The third kappa shape index (κ3) is 4.15. The monoisotopic (exact) mass is 293 g/mol. The van der Waals surface area contributed by atoms with Crippen LogP contribution in [0.2, 0.25) is 0 Å². The first kappa shape index (κ1) is 17.2. The Balaban J connectivity index is 0.00000144. The van der Waals surface area contributed by atoms with Crippen molar-refractivity contribution in [2.24, 2.45) is 0 Å². The van der Waals surface area contributed by atoms with Gasteiger partial charge in [-0.15, -0.1) is 24.8 Å². The molecule has 1 atom stereocenters. The topological polar surface area (TPSA) is 53.1 Å². The molecule has 0 bridgehead atoms. The van der Waals surface area contributed by atoms with Crippen LogP contribution in [-0.4, -0.2) is 43.2 Å². The van der Waals surface area contributed by atoms with Gasteiger partial charge in [-0.25, -0.2) is 4.98 Å². The molecule has 0 radical (unpaired) electrons. The third-order valence-electron chi connectivity index (χ3n) is 2.76. The highest BCUT2D eigenvalue weighted by molar-refractivity contribution is 5.85. The summed E-state index contributed by atoms with van der Waals surface area (Å²) in [6.07, 6.45) is 3.00. The number of nitrogens with one attached hydrogen (secondary N) is 2. The average Bonchev–Trinajstić information content (AvgIpc) is 2.73. The largest absolute Gasteiger partial charge is 0.362 e. The molecule has 5 nitrogen and oxygen atoms in total. The van der Waals surface area contributed by atoms with E-state index in [0.29, 0.717) is 6.04 Å². The van der Waals surface area contributed by atoms with E-state index in [9.17, 15) is 0 Å². The van der Waals surface area contributed by atoms with Crippen molar-refractivity contribution in [1.29, 1.82) is 0 Å². The predicted molar refractivity (Wildman–Crippen MR) is 80.5 cm³/mol. The van der Waals surface area contributed by atoms with Crippen molar-refractivity contribution < 1.29 is 0 Å². The lowest BCUT2D eigenvalue weighted by Gasteiger charge is -2.17. The minimum absolute atomic E-state index is 0. The molecule has 2 heterocycles. The van der Waals surface area contributed by atoms with Gasteiger partial charge >= 0.3 is 0 Å². The lowest BCUT2D eigenvalue weighted by molar-refractivity contribution is 0.779. The number of hydrogen-bond acceptors (Lipinski definition) is 5. The van der Waals surface area contributed by atoms with Gasteiger partial charge in [0.15, 0.2) is 0 Å². The van der Waals surface area contributed by atoms with Crippen molar-refractivity contribution in [3.05, 3.63) is 11.8 Å². The van der Waals surface area contributed by atoms with Crippen LogP contribution >= 0.6 is 24.8 Å². The van der Waals surface area contributed by atoms with Crippen LogP contribution in [0.4, 0.5) is 11.8 Å². The Hall–Kier alpha value is -0.780. The fourth-order valence-electron chi connectivity index (χ4n) is 1.92. The average molecular weight is 294 g/mol. The maximum atomic E-state index is 4.51. The van der Waals surface area contributed by atoms with E-state index in [-0.39, 0.29) is 24.8 Å². The van der Waals surface area contributed by atoms with Gasteiger partial charge in [-0.2, -0.15) is 4.98 Å². The smallest absolute Gasteiger partial charge is 0.224 e. The number of halogens is 2. The van der Waals surface area contributed by atoms with E-state index in [1.807, 2.05) is 32.1 Å². The van der Waals surface area contributed by atoms with Crippen molar-refractivity contribution in [3.8, 4) is 0 Å². The molecule has 2 rings (SSSR count). The van der Waals surface area contributed by atoms with Gasteiger partial charge in [0.05, 0.1) is 0 Å². The van der Waals surface area contributed by atoms with E-state index >= 15 is 0 Å². The van der Waals surface area contributed by atoms with Gasteiger partial charge in [0.1, 0.15) is 5.82 Å². The Labute approximate surface area is 121 Å². The molecule has 0 unspecified atom stereocenters. The molecule has 104 valence electrons. The van der Waals surface area contributed by atoms with Gasteiger partial charge in [-0.3, -0.25) is 0 Å². The quantitative estimate of drug-likeness (QED) is 0.884. The molecule has 18 heavy (non-hydrogen) atoms. The van der Waals surface area contributed by atoms with E-state index in [4.69, 9.17) is 0 Å². The Morgan fingerprint density at radius 3 is 2.67 bits per heavy atom. The van der Waals surface area contributed by atoms with Crippen molar-refractivity contribution in [3.63, 3.8) is 0 Å². The Bertz CT molecular complexity index is 366. The van der Waals surface area contributed by atoms with Crippen LogP contribution in [0.3, 0.4) is 0 Å². The second kappa shape index (κ2) is 7.61. The summed E-state index contributed by atoms with van der Waals surface area (Å²) >= 11 is 0. The molecule has 0 spiro atoms. The normalized spacial score (nSPS) is 17.6. The van der Waals surface area contributed by atoms with E-state index in [1.165, 1.54) is 0 Å². The van der Waals surface area contributed by atoms with Crippen LogP contribution in [0.25, 0.3) is 0 Å². The van der Waals surface area contributed by atoms with Crippen molar-refractivity contribution in [2.45, 2.75) is 19.4 Å². The van der Waals surface area contributed by atoms with Gasteiger partial charge in [0, 0.05) is 38.4 Å². The number of rotatable bonds is 3. The first-order valence-electron chi connectivity index (χ1n) is 5.65. The first-order valence-corrected chi connectivity index (χ1v) is 5.65. The molecular formula is C11H21Cl2N5. The highest BCUT2D eigenvalue weighted by Gasteiger charge is 2.15. The highest BCUT2D eigenvalue weighted by Crippen LogP contribution is 2.16. The summed E-state index contributed by atoms with van der Waals surface area (Å²) < 4.78 is 0.